The lowest BCUT2D eigenvalue weighted by Gasteiger charge is -2.44. The zero-order valence-corrected chi connectivity index (χ0v) is 24.0. The van der Waals surface area contributed by atoms with Crippen LogP contribution in [0, 0.1) is 0 Å². The Balaban J connectivity index is 0.000000277. The summed E-state index contributed by atoms with van der Waals surface area (Å²) in [7, 11) is 0. The molecule has 246 valence electrons. The number of carbonyl (C=O) groups is 2. The molecule has 0 bridgehead atoms. The van der Waals surface area contributed by atoms with Crippen LogP contribution in [-0.2, 0) is 28.3 Å². The van der Waals surface area contributed by atoms with Gasteiger partial charge in [-0.1, -0.05) is 12.1 Å². The molecule has 6 rings (SSSR count). The monoisotopic (exact) mass is 646 g/mol. The van der Waals surface area contributed by atoms with Gasteiger partial charge in [0.15, 0.2) is 0 Å². The molecule has 0 atom stereocenters. The Bertz CT molecular complexity index is 1400. The molecule has 2 N–H and O–H groups in total. The standard InChI is InChI=1S/C25H30N4O2.2C2HF3O2/c1-2-8-23-21(7-1)24-22(18-26-29(24)16-15-27-11-3-4-12-27)25(31-23)9-13-28(14-10-25)19-20-6-5-17-30-20;2*3-2(4,5)1(6)7/h1-2,5-8,17-18H,3-4,9-16,19H2;2*(H,6,7). The van der Waals surface area contributed by atoms with Gasteiger partial charge in [-0.05, 0) is 50.2 Å². The third kappa shape index (κ3) is 8.57. The first-order chi connectivity index (χ1) is 21.2. The Kier molecular flexibility index (Phi) is 10.5. The van der Waals surface area contributed by atoms with E-state index in [4.69, 9.17) is 34.1 Å². The van der Waals surface area contributed by atoms with Crippen LogP contribution in [-0.4, -0.2) is 86.8 Å². The number of furan rings is 1. The number of fused-ring (bicyclic) bond motifs is 4. The fourth-order valence-corrected chi connectivity index (χ4v) is 5.50. The molecule has 0 radical (unpaired) electrons. The van der Waals surface area contributed by atoms with Crippen LogP contribution in [0.25, 0.3) is 11.3 Å². The van der Waals surface area contributed by atoms with Gasteiger partial charge in [0.05, 0.1) is 31.2 Å². The Labute approximate surface area is 253 Å². The quantitative estimate of drug-likeness (QED) is 0.352. The van der Waals surface area contributed by atoms with Gasteiger partial charge in [-0.2, -0.15) is 31.4 Å². The molecule has 0 aliphatic carbocycles. The topological polar surface area (TPSA) is 121 Å². The van der Waals surface area contributed by atoms with Gasteiger partial charge < -0.3 is 24.3 Å². The minimum Gasteiger partial charge on any atom is -0.482 e. The van der Waals surface area contributed by atoms with Crippen molar-refractivity contribution < 1.29 is 55.3 Å². The minimum atomic E-state index is -5.08. The molecule has 0 saturated carbocycles. The number of hydrogen-bond acceptors (Lipinski definition) is 7. The van der Waals surface area contributed by atoms with Crippen molar-refractivity contribution in [3.05, 3.63) is 60.2 Å². The first kappa shape index (κ1) is 33.8. The number of carboxylic acid groups (broad SMARTS) is 2. The highest BCUT2D eigenvalue weighted by atomic mass is 19.4. The second kappa shape index (κ2) is 13.9. The number of hydrogen-bond donors (Lipinski definition) is 2. The maximum absolute atomic E-state index is 10.6. The lowest BCUT2D eigenvalue weighted by atomic mass is 9.81. The number of benzene rings is 1. The van der Waals surface area contributed by atoms with Crippen molar-refractivity contribution in [3.8, 4) is 17.0 Å². The maximum atomic E-state index is 10.6. The normalized spacial score (nSPS) is 17.6. The van der Waals surface area contributed by atoms with Gasteiger partial charge in [0.1, 0.15) is 17.1 Å². The molecule has 10 nitrogen and oxygen atoms in total. The van der Waals surface area contributed by atoms with Crippen LogP contribution >= 0.6 is 0 Å². The fourth-order valence-electron chi connectivity index (χ4n) is 5.50. The van der Waals surface area contributed by atoms with E-state index in [0.29, 0.717) is 0 Å². The molecule has 0 unspecified atom stereocenters. The van der Waals surface area contributed by atoms with Crippen molar-refractivity contribution in [1.82, 2.24) is 19.6 Å². The molecule has 3 aliphatic heterocycles. The molecule has 45 heavy (non-hydrogen) atoms. The third-order valence-electron chi connectivity index (χ3n) is 7.71. The van der Waals surface area contributed by atoms with E-state index in [2.05, 4.69) is 51.0 Å². The molecule has 16 heteroatoms. The lowest BCUT2D eigenvalue weighted by molar-refractivity contribution is -0.193. The molecule has 2 aromatic heterocycles. The highest BCUT2D eigenvalue weighted by molar-refractivity contribution is 5.74. The van der Waals surface area contributed by atoms with Crippen molar-refractivity contribution in [1.29, 1.82) is 0 Å². The van der Waals surface area contributed by atoms with Gasteiger partial charge in [0.25, 0.3) is 0 Å². The minimum absolute atomic E-state index is 0.282. The molecule has 0 amide bonds. The summed E-state index contributed by atoms with van der Waals surface area (Å²) in [4.78, 5) is 22.8. The van der Waals surface area contributed by atoms with Crippen LogP contribution in [0.4, 0.5) is 26.3 Å². The number of aliphatic carboxylic acids is 2. The lowest BCUT2D eigenvalue weighted by Crippen LogP contribution is -2.47. The number of ether oxygens (including phenoxy) is 1. The summed E-state index contributed by atoms with van der Waals surface area (Å²) < 4.78 is 78.0. The Morgan fingerprint density at radius 1 is 0.844 bits per heavy atom. The Morgan fingerprint density at radius 3 is 2.00 bits per heavy atom. The summed E-state index contributed by atoms with van der Waals surface area (Å²) in [5, 5.41) is 19.1. The molecular formula is C29H32F6N4O6. The van der Waals surface area contributed by atoms with E-state index >= 15 is 0 Å². The number of rotatable bonds is 5. The van der Waals surface area contributed by atoms with Crippen molar-refractivity contribution in [3.63, 3.8) is 0 Å². The van der Waals surface area contributed by atoms with Crippen molar-refractivity contribution >= 4 is 11.9 Å². The smallest absolute Gasteiger partial charge is 0.482 e. The second-order valence-corrected chi connectivity index (χ2v) is 10.7. The van der Waals surface area contributed by atoms with Crippen molar-refractivity contribution in [2.75, 3.05) is 32.7 Å². The van der Waals surface area contributed by atoms with Gasteiger partial charge in [-0.15, -0.1) is 0 Å². The van der Waals surface area contributed by atoms with E-state index in [1.165, 1.54) is 42.8 Å². The number of piperidine rings is 1. The Morgan fingerprint density at radius 2 is 1.44 bits per heavy atom. The molecule has 3 aliphatic rings. The molecule has 1 spiro atoms. The van der Waals surface area contributed by atoms with Crippen molar-refractivity contribution in [2.24, 2.45) is 0 Å². The SMILES string of the molecule is O=C(O)C(F)(F)F.O=C(O)C(F)(F)F.c1coc(CN2CCC3(CC2)Oc2ccccc2-c2c3cnn2CCN2CCCC2)c1. The van der Waals surface area contributed by atoms with Crippen LogP contribution in [0.15, 0.2) is 53.3 Å². The number of alkyl halides is 6. The fraction of sp³-hybridized carbons (Fsp3) is 0.483. The molecule has 5 heterocycles. The van der Waals surface area contributed by atoms with Gasteiger partial charge >= 0.3 is 24.3 Å². The van der Waals surface area contributed by atoms with E-state index in [-0.39, 0.29) is 5.60 Å². The predicted octanol–water partition coefficient (Wildman–Crippen LogP) is 5.39. The second-order valence-electron chi connectivity index (χ2n) is 10.7. The van der Waals surface area contributed by atoms with E-state index in [0.717, 1.165) is 57.1 Å². The summed E-state index contributed by atoms with van der Waals surface area (Å²) in [6, 6.07) is 12.5. The summed E-state index contributed by atoms with van der Waals surface area (Å²) >= 11 is 0. The number of likely N-dealkylation sites (tertiary alicyclic amines) is 2. The van der Waals surface area contributed by atoms with Crippen LogP contribution in [0.1, 0.15) is 37.0 Å². The van der Waals surface area contributed by atoms with E-state index in [9.17, 15) is 26.3 Å². The van der Waals surface area contributed by atoms with Crippen molar-refractivity contribution in [2.45, 2.75) is 56.7 Å². The molecule has 1 aromatic carbocycles. The van der Waals surface area contributed by atoms with Gasteiger partial charge in [-0.25, -0.2) is 9.59 Å². The molecule has 2 fully saturated rings. The zero-order valence-electron chi connectivity index (χ0n) is 24.0. The number of nitrogens with zero attached hydrogens (tertiary/aromatic N) is 4. The van der Waals surface area contributed by atoms with Gasteiger partial charge in [0.2, 0.25) is 0 Å². The first-order valence-electron chi connectivity index (χ1n) is 14.1. The Hall–Kier alpha value is -4.05. The molecule has 2 saturated heterocycles. The maximum Gasteiger partial charge on any atom is 0.490 e. The number of para-hydroxylation sites is 1. The van der Waals surface area contributed by atoms with Gasteiger partial charge in [0, 0.05) is 43.6 Å². The first-order valence-corrected chi connectivity index (χ1v) is 14.1. The van der Waals surface area contributed by atoms with E-state index in [1.54, 1.807) is 6.26 Å². The third-order valence-corrected chi connectivity index (χ3v) is 7.71. The van der Waals surface area contributed by atoms with Crippen LogP contribution in [0.5, 0.6) is 5.75 Å². The summed E-state index contributed by atoms with van der Waals surface area (Å²) in [5.41, 5.74) is 3.43. The highest BCUT2D eigenvalue weighted by Crippen LogP contribution is 2.49. The summed E-state index contributed by atoms with van der Waals surface area (Å²) in [6.45, 7) is 7.28. The number of aromatic nitrogens is 2. The predicted molar refractivity (Wildman–Crippen MR) is 146 cm³/mol. The molecular weight excluding hydrogens is 614 g/mol. The van der Waals surface area contributed by atoms with Crippen LogP contribution in [0.2, 0.25) is 0 Å². The number of halogens is 6. The summed E-state index contributed by atoms with van der Waals surface area (Å²) in [6.07, 6.45) is -1.75. The van der Waals surface area contributed by atoms with Gasteiger partial charge in [-0.3, -0.25) is 9.58 Å². The average Bonchev–Trinajstić information content (AvgIpc) is 3.76. The largest absolute Gasteiger partial charge is 0.490 e. The highest BCUT2D eigenvalue weighted by Gasteiger charge is 2.45. The average molecular weight is 647 g/mol. The van der Waals surface area contributed by atoms with E-state index < -0.39 is 24.3 Å². The molecule has 3 aromatic rings. The van der Waals surface area contributed by atoms with Crippen LogP contribution < -0.4 is 4.74 Å². The zero-order chi connectivity index (χ0) is 32.8. The van der Waals surface area contributed by atoms with Crippen LogP contribution in [0.3, 0.4) is 0 Å². The van der Waals surface area contributed by atoms with E-state index in [1.807, 2.05) is 6.07 Å². The summed E-state index contributed by atoms with van der Waals surface area (Å²) in [5.74, 6) is -3.49. The number of carboxylic acids is 2.